The Balaban J connectivity index is 2.23. The van der Waals surface area contributed by atoms with Crippen molar-refractivity contribution in [3.8, 4) is 0 Å². The lowest BCUT2D eigenvalue weighted by atomic mass is 10.1. The van der Waals surface area contributed by atoms with Gasteiger partial charge in [-0.15, -0.1) is 0 Å². The Kier molecular flexibility index (Phi) is 4.66. The summed E-state index contributed by atoms with van der Waals surface area (Å²) in [4.78, 5) is 32.5. The molecule has 1 aromatic rings. The number of carbonyl (C=O) groups excluding carboxylic acids is 1. The molecule has 0 radical (unpaired) electrons. The molecule has 1 saturated heterocycles. The minimum atomic E-state index is -0.737. The average Bonchev–Trinajstić information content (AvgIpc) is 2.97. The highest BCUT2D eigenvalue weighted by atomic mass is 16.6. The van der Waals surface area contributed by atoms with Crippen molar-refractivity contribution in [1.82, 2.24) is 5.32 Å². The highest BCUT2D eigenvalue weighted by molar-refractivity contribution is 5.96. The monoisotopic (exact) mass is 309 g/mol. The van der Waals surface area contributed by atoms with Crippen LogP contribution in [0, 0.1) is 27.2 Å². The highest BCUT2D eigenvalue weighted by Gasteiger charge is 2.25. The van der Waals surface area contributed by atoms with Crippen LogP contribution >= 0.6 is 0 Å². The van der Waals surface area contributed by atoms with Crippen molar-refractivity contribution in [2.45, 2.75) is 25.9 Å². The van der Waals surface area contributed by atoms with Crippen molar-refractivity contribution in [3.63, 3.8) is 0 Å². The summed E-state index contributed by atoms with van der Waals surface area (Å²) in [6.07, 6.45) is 1.66. The minimum Gasteiger partial charge on any atom is -0.376 e. The Morgan fingerprint density at radius 1 is 1.32 bits per heavy atom. The summed E-state index contributed by atoms with van der Waals surface area (Å²) in [6.45, 7) is 2.20. The fourth-order valence-corrected chi connectivity index (χ4v) is 2.31. The van der Waals surface area contributed by atoms with Crippen molar-refractivity contribution in [3.05, 3.63) is 43.5 Å². The number of amides is 1. The molecule has 0 spiro atoms. The van der Waals surface area contributed by atoms with E-state index in [1.54, 1.807) is 0 Å². The molecule has 0 bridgehead atoms. The second kappa shape index (κ2) is 6.48. The van der Waals surface area contributed by atoms with Crippen LogP contribution < -0.4 is 5.32 Å². The third-order valence-corrected chi connectivity index (χ3v) is 3.52. The third kappa shape index (κ3) is 3.37. The molecule has 1 fully saturated rings. The van der Waals surface area contributed by atoms with E-state index in [9.17, 15) is 25.0 Å². The van der Waals surface area contributed by atoms with Crippen molar-refractivity contribution >= 4 is 17.3 Å². The molecular weight excluding hydrogens is 294 g/mol. The molecule has 1 aromatic carbocycles. The van der Waals surface area contributed by atoms with Crippen LogP contribution in [0.3, 0.4) is 0 Å². The summed E-state index contributed by atoms with van der Waals surface area (Å²) in [7, 11) is 0. The first-order valence-corrected chi connectivity index (χ1v) is 6.73. The number of nitro groups is 2. The Bertz CT molecular complexity index is 589. The van der Waals surface area contributed by atoms with Crippen molar-refractivity contribution in [2.24, 2.45) is 0 Å². The molecule has 1 amide bonds. The Morgan fingerprint density at radius 2 is 1.91 bits per heavy atom. The zero-order valence-electron chi connectivity index (χ0n) is 11.9. The van der Waals surface area contributed by atoms with Gasteiger partial charge in [0.15, 0.2) is 0 Å². The van der Waals surface area contributed by atoms with Crippen LogP contribution in [0.4, 0.5) is 11.4 Å². The van der Waals surface area contributed by atoms with Crippen LogP contribution in [0.1, 0.15) is 28.8 Å². The molecule has 9 nitrogen and oxygen atoms in total. The maximum atomic E-state index is 12.1. The van der Waals surface area contributed by atoms with Gasteiger partial charge in [0.2, 0.25) is 0 Å². The van der Waals surface area contributed by atoms with Gasteiger partial charge in [-0.25, -0.2) is 0 Å². The summed E-state index contributed by atoms with van der Waals surface area (Å²) < 4.78 is 5.35. The van der Waals surface area contributed by atoms with Crippen LogP contribution in [-0.4, -0.2) is 35.0 Å². The maximum Gasteiger partial charge on any atom is 0.279 e. The average molecular weight is 309 g/mol. The second-order valence-corrected chi connectivity index (χ2v) is 5.00. The molecule has 118 valence electrons. The van der Waals surface area contributed by atoms with Gasteiger partial charge in [0, 0.05) is 25.3 Å². The number of hydrogen-bond donors (Lipinski definition) is 1. The Labute approximate surface area is 125 Å². The van der Waals surface area contributed by atoms with Crippen molar-refractivity contribution in [2.75, 3.05) is 13.2 Å². The lowest BCUT2D eigenvalue weighted by Gasteiger charge is -2.11. The van der Waals surface area contributed by atoms with Crippen molar-refractivity contribution in [1.29, 1.82) is 0 Å². The first-order chi connectivity index (χ1) is 10.4. The quantitative estimate of drug-likeness (QED) is 0.652. The molecule has 1 heterocycles. The number of nitro benzene ring substituents is 2. The van der Waals surface area contributed by atoms with Gasteiger partial charge in [0.25, 0.3) is 17.3 Å². The van der Waals surface area contributed by atoms with Gasteiger partial charge in [-0.1, -0.05) is 0 Å². The Hall–Kier alpha value is -2.55. The lowest BCUT2D eigenvalue weighted by molar-refractivity contribution is -0.395. The summed E-state index contributed by atoms with van der Waals surface area (Å²) in [5.41, 5.74) is -1.08. The van der Waals surface area contributed by atoms with Gasteiger partial charge in [0.1, 0.15) is 5.56 Å². The van der Waals surface area contributed by atoms with Crippen LogP contribution in [0.5, 0.6) is 0 Å². The first-order valence-electron chi connectivity index (χ1n) is 6.73. The predicted molar refractivity (Wildman–Crippen MR) is 75.8 cm³/mol. The van der Waals surface area contributed by atoms with Crippen LogP contribution in [0.2, 0.25) is 0 Å². The fourth-order valence-electron chi connectivity index (χ4n) is 2.31. The second-order valence-electron chi connectivity index (χ2n) is 5.00. The van der Waals surface area contributed by atoms with E-state index in [0.29, 0.717) is 6.61 Å². The number of nitrogens with one attached hydrogen (secondary N) is 1. The molecule has 2 rings (SSSR count). The van der Waals surface area contributed by atoms with Crippen LogP contribution in [0.25, 0.3) is 0 Å². The molecule has 1 atom stereocenters. The molecule has 0 saturated carbocycles. The largest absolute Gasteiger partial charge is 0.376 e. The SMILES string of the molecule is Cc1c([N+](=O)[O-])cc(C(=O)NCC2CCCO2)cc1[N+](=O)[O-]. The zero-order chi connectivity index (χ0) is 16.3. The summed E-state index contributed by atoms with van der Waals surface area (Å²) >= 11 is 0. The predicted octanol–water partition coefficient (Wildman–Crippen LogP) is 1.72. The van der Waals surface area contributed by atoms with E-state index in [1.807, 2.05) is 0 Å². The Morgan fingerprint density at radius 3 is 2.36 bits per heavy atom. The fraction of sp³-hybridized carbons (Fsp3) is 0.462. The molecular formula is C13H15N3O6. The van der Waals surface area contributed by atoms with Gasteiger partial charge < -0.3 is 10.1 Å². The van der Waals surface area contributed by atoms with E-state index in [4.69, 9.17) is 4.74 Å². The van der Waals surface area contributed by atoms with Crippen molar-refractivity contribution < 1.29 is 19.4 Å². The van der Waals surface area contributed by atoms with E-state index in [0.717, 1.165) is 25.0 Å². The molecule has 1 aliphatic heterocycles. The number of rotatable bonds is 5. The summed E-state index contributed by atoms with van der Waals surface area (Å²) in [5, 5.41) is 24.5. The van der Waals surface area contributed by atoms with E-state index >= 15 is 0 Å². The van der Waals surface area contributed by atoms with E-state index in [-0.39, 0.29) is 23.8 Å². The molecule has 0 aromatic heterocycles. The number of benzene rings is 1. The number of nitrogens with zero attached hydrogens (tertiary/aromatic N) is 2. The molecule has 1 N–H and O–H groups in total. The summed E-state index contributed by atoms with van der Waals surface area (Å²) in [5.74, 6) is -0.596. The van der Waals surface area contributed by atoms with Crippen LogP contribution in [-0.2, 0) is 4.74 Å². The van der Waals surface area contributed by atoms with Gasteiger partial charge in [-0.05, 0) is 19.8 Å². The number of ether oxygens (including phenoxy) is 1. The van der Waals surface area contributed by atoms with Gasteiger partial charge >= 0.3 is 0 Å². The molecule has 9 heteroatoms. The smallest absolute Gasteiger partial charge is 0.279 e. The maximum absolute atomic E-state index is 12.1. The van der Waals surface area contributed by atoms with E-state index in [1.165, 1.54) is 6.92 Å². The number of carbonyl (C=O) groups is 1. The zero-order valence-corrected chi connectivity index (χ0v) is 11.9. The third-order valence-electron chi connectivity index (χ3n) is 3.52. The van der Waals surface area contributed by atoms with Gasteiger partial charge in [-0.3, -0.25) is 25.0 Å². The minimum absolute atomic E-state index is 0.0781. The first kappa shape index (κ1) is 15.8. The molecule has 22 heavy (non-hydrogen) atoms. The topological polar surface area (TPSA) is 125 Å². The van der Waals surface area contributed by atoms with Gasteiger partial charge in [-0.2, -0.15) is 0 Å². The van der Waals surface area contributed by atoms with E-state index < -0.39 is 27.1 Å². The normalized spacial score (nSPS) is 17.2. The summed E-state index contributed by atoms with van der Waals surface area (Å²) in [6, 6.07) is 2.10. The van der Waals surface area contributed by atoms with Crippen LogP contribution in [0.15, 0.2) is 12.1 Å². The lowest BCUT2D eigenvalue weighted by Crippen LogP contribution is -2.31. The highest BCUT2D eigenvalue weighted by Crippen LogP contribution is 2.29. The standard InChI is InChI=1S/C13H15N3O6/c1-8-11(15(18)19)5-9(6-12(8)16(20)21)13(17)14-7-10-3-2-4-22-10/h5-6,10H,2-4,7H2,1H3,(H,14,17). The molecule has 1 unspecified atom stereocenters. The molecule has 1 aliphatic rings. The number of hydrogen-bond acceptors (Lipinski definition) is 6. The van der Waals surface area contributed by atoms with Gasteiger partial charge in [0.05, 0.1) is 21.5 Å². The van der Waals surface area contributed by atoms with E-state index in [2.05, 4.69) is 5.32 Å². The molecule has 0 aliphatic carbocycles.